The summed E-state index contributed by atoms with van der Waals surface area (Å²) in [6, 6.07) is 2.09. The van der Waals surface area contributed by atoms with Gasteiger partial charge in [-0.3, -0.25) is 9.59 Å². The number of likely N-dealkylation sites (tertiary alicyclic amines) is 2. The highest BCUT2D eigenvalue weighted by atomic mass is 16.6. The largest absolute Gasteiger partial charge is 0.444 e. The summed E-state index contributed by atoms with van der Waals surface area (Å²) in [6.45, 7) is 8.60. The van der Waals surface area contributed by atoms with Crippen molar-refractivity contribution in [1.29, 1.82) is 0 Å². The van der Waals surface area contributed by atoms with E-state index in [1.54, 1.807) is 36.3 Å². The lowest BCUT2D eigenvalue weighted by Gasteiger charge is -2.37. The van der Waals surface area contributed by atoms with E-state index in [1.165, 1.54) is 6.42 Å². The molecule has 6 rings (SSSR count). The number of nitrogens with zero attached hydrogens (tertiary/aromatic N) is 7. The van der Waals surface area contributed by atoms with Gasteiger partial charge in [-0.2, -0.15) is 4.98 Å². The van der Waals surface area contributed by atoms with Gasteiger partial charge in [-0.15, -0.1) is 0 Å². The van der Waals surface area contributed by atoms with Gasteiger partial charge in [-0.25, -0.2) is 14.8 Å². The van der Waals surface area contributed by atoms with Gasteiger partial charge in [0.05, 0.1) is 18.0 Å². The number of hydrogen-bond acceptors (Lipinski definition) is 8. The van der Waals surface area contributed by atoms with Crippen molar-refractivity contribution in [3.05, 3.63) is 29.9 Å². The summed E-state index contributed by atoms with van der Waals surface area (Å²) in [5.74, 6) is 0.491. The Hall–Kier alpha value is -3.96. The highest BCUT2D eigenvalue weighted by Crippen LogP contribution is 2.36. The van der Waals surface area contributed by atoms with E-state index in [0.29, 0.717) is 30.6 Å². The van der Waals surface area contributed by atoms with Crippen LogP contribution in [0, 0.1) is 11.8 Å². The number of amides is 3. The highest BCUT2D eigenvalue weighted by molar-refractivity contribution is 5.98. The van der Waals surface area contributed by atoms with Gasteiger partial charge >= 0.3 is 6.09 Å². The zero-order valence-corrected chi connectivity index (χ0v) is 26.6. The van der Waals surface area contributed by atoms with Crippen LogP contribution < -0.4 is 5.32 Å². The van der Waals surface area contributed by atoms with E-state index in [4.69, 9.17) is 9.72 Å². The van der Waals surface area contributed by atoms with E-state index in [0.717, 1.165) is 43.1 Å². The monoisotopic (exact) mass is 604 g/mol. The van der Waals surface area contributed by atoms with Gasteiger partial charge in [0.15, 0.2) is 0 Å². The van der Waals surface area contributed by atoms with Gasteiger partial charge < -0.3 is 29.3 Å². The van der Waals surface area contributed by atoms with Gasteiger partial charge in [0.2, 0.25) is 11.9 Å². The maximum Gasteiger partial charge on any atom is 0.410 e. The number of fused-ring (bicyclic) bond motifs is 3. The summed E-state index contributed by atoms with van der Waals surface area (Å²) in [5.41, 5.74) is 0.828. The molecule has 4 aliphatic rings. The molecule has 1 aliphatic carbocycles. The van der Waals surface area contributed by atoms with Gasteiger partial charge in [0.25, 0.3) is 5.91 Å². The lowest BCUT2D eigenvalue weighted by Crippen LogP contribution is -2.53. The number of rotatable bonds is 5. The maximum atomic E-state index is 13.6. The first-order valence-electron chi connectivity index (χ1n) is 15.8. The molecule has 0 spiro atoms. The Labute approximate surface area is 258 Å². The first-order chi connectivity index (χ1) is 20.9. The van der Waals surface area contributed by atoms with Crippen LogP contribution in [0.2, 0.25) is 0 Å². The third kappa shape index (κ3) is 5.78. The third-order valence-corrected chi connectivity index (χ3v) is 9.18. The van der Waals surface area contributed by atoms with Crippen LogP contribution in [0.4, 0.5) is 10.7 Å². The normalized spacial score (nSPS) is 25.4. The Kier molecular flexibility index (Phi) is 7.87. The molecular weight excluding hydrogens is 560 g/mol. The van der Waals surface area contributed by atoms with Gasteiger partial charge in [-0.1, -0.05) is 26.2 Å². The average molecular weight is 605 g/mol. The Morgan fingerprint density at radius 3 is 2.36 bits per heavy atom. The second kappa shape index (κ2) is 11.5. The van der Waals surface area contributed by atoms with E-state index in [1.807, 2.05) is 44.7 Å². The van der Waals surface area contributed by atoms with E-state index in [-0.39, 0.29) is 47.9 Å². The molecule has 1 saturated carbocycles. The number of carbonyl (C=O) groups is 3. The zero-order valence-electron chi connectivity index (χ0n) is 26.6. The number of aromatic nitrogens is 3. The summed E-state index contributed by atoms with van der Waals surface area (Å²) in [7, 11) is 3.53. The van der Waals surface area contributed by atoms with Crippen LogP contribution in [0.25, 0.3) is 11.0 Å². The van der Waals surface area contributed by atoms with Crippen LogP contribution in [0.5, 0.6) is 0 Å². The number of carbonyl (C=O) groups excluding carboxylic acids is 3. The smallest absolute Gasteiger partial charge is 0.410 e. The minimum absolute atomic E-state index is 0.00563. The fraction of sp³-hybridized carbons (Fsp3) is 0.625. The number of ether oxygens (including phenoxy) is 1. The standard InChI is InChI=1S/C32H44N8O4/c1-19-12-26(33-16-24(19)28(41)38-17-23-14-22(38)18-39(23)31(43)44-32(2,3)4)35-30-34-15-20-13-25(29(42)37(5)6)40(27(20)36-30)21-10-8-7-9-11-21/h12-13,15-16,19,21-24H,7-11,14,17-18H2,1-6H3,(H,34,35,36). The molecule has 12 nitrogen and oxygen atoms in total. The van der Waals surface area contributed by atoms with Crippen LogP contribution >= 0.6 is 0 Å². The first-order valence-corrected chi connectivity index (χ1v) is 15.8. The zero-order chi connectivity index (χ0) is 31.3. The summed E-state index contributed by atoms with van der Waals surface area (Å²) in [6.07, 6.45) is 11.4. The molecule has 236 valence electrons. The predicted octanol–water partition coefficient (Wildman–Crippen LogP) is 4.45. The van der Waals surface area contributed by atoms with Crippen molar-refractivity contribution in [3.8, 4) is 0 Å². The Morgan fingerprint density at radius 2 is 1.73 bits per heavy atom. The van der Waals surface area contributed by atoms with Crippen LogP contribution in [0.15, 0.2) is 29.2 Å². The molecule has 0 aromatic carbocycles. The maximum absolute atomic E-state index is 13.6. The molecule has 3 amide bonds. The molecule has 2 aromatic heterocycles. The summed E-state index contributed by atoms with van der Waals surface area (Å²) < 4.78 is 7.67. The number of aliphatic imine (C=N–C) groups is 1. The molecule has 5 heterocycles. The van der Waals surface area contributed by atoms with Crippen LogP contribution in [-0.4, -0.2) is 98.2 Å². The van der Waals surface area contributed by atoms with Gasteiger partial charge in [-0.05, 0) is 58.1 Å². The molecule has 12 heteroatoms. The molecule has 3 aliphatic heterocycles. The second-order valence-electron chi connectivity index (χ2n) is 13.9. The molecule has 4 atom stereocenters. The lowest BCUT2D eigenvalue weighted by atomic mass is 9.91. The predicted molar refractivity (Wildman–Crippen MR) is 167 cm³/mol. The minimum atomic E-state index is -0.551. The summed E-state index contributed by atoms with van der Waals surface area (Å²) in [5, 5.41) is 4.07. The number of anilines is 1. The molecule has 0 radical (unpaired) electrons. The van der Waals surface area contributed by atoms with E-state index in [9.17, 15) is 14.4 Å². The SMILES string of the molecule is CC1C=C(Nc2ncc3cc(C(=O)N(C)C)n(C4CCCCC4)c3n2)N=CC1C(=O)N1CC2CC1CN2C(=O)OC(C)(C)C. The molecule has 44 heavy (non-hydrogen) atoms. The van der Waals surface area contributed by atoms with Gasteiger partial charge in [0.1, 0.15) is 22.8 Å². The third-order valence-electron chi connectivity index (χ3n) is 9.18. The van der Waals surface area contributed by atoms with E-state index >= 15 is 0 Å². The van der Waals surface area contributed by atoms with Crippen LogP contribution in [0.3, 0.4) is 0 Å². The Balaban J connectivity index is 1.14. The highest BCUT2D eigenvalue weighted by Gasteiger charge is 2.49. The minimum Gasteiger partial charge on any atom is -0.444 e. The number of allylic oxidation sites excluding steroid dienone is 1. The Bertz CT molecular complexity index is 1520. The lowest BCUT2D eigenvalue weighted by molar-refractivity contribution is -0.136. The number of nitrogens with one attached hydrogen (secondary N) is 1. The van der Waals surface area contributed by atoms with E-state index < -0.39 is 5.60 Å². The number of hydrogen-bond donors (Lipinski definition) is 1. The topological polar surface area (TPSA) is 125 Å². The van der Waals surface area contributed by atoms with Crippen molar-refractivity contribution in [1.82, 2.24) is 29.2 Å². The second-order valence-corrected chi connectivity index (χ2v) is 13.9. The van der Waals surface area contributed by atoms with Crippen molar-refractivity contribution >= 4 is 41.1 Å². The molecular formula is C32H44N8O4. The van der Waals surface area contributed by atoms with Crippen molar-refractivity contribution in [2.45, 2.75) is 89.9 Å². The van der Waals surface area contributed by atoms with Gasteiger partial charge in [0, 0.05) is 51.0 Å². The molecule has 1 N–H and O–H groups in total. The summed E-state index contributed by atoms with van der Waals surface area (Å²) in [4.78, 5) is 58.6. The van der Waals surface area contributed by atoms with Crippen molar-refractivity contribution in [2.75, 3.05) is 32.5 Å². The Morgan fingerprint density at radius 1 is 1.02 bits per heavy atom. The first kappa shape index (κ1) is 30.1. The molecule has 2 aromatic rings. The van der Waals surface area contributed by atoms with E-state index in [2.05, 4.69) is 19.9 Å². The fourth-order valence-electron chi connectivity index (χ4n) is 7.01. The quantitative estimate of drug-likeness (QED) is 0.535. The average Bonchev–Trinajstić information content (AvgIpc) is 3.69. The van der Waals surface area contributed by atoms with Crippen molar-refractivity contribution in [3.63, 3.8) is 0 Å². The molecule has 2 bridgehead atoms. The van der Waals surface area contributed by atoms with Crippen LogP contribution in [-0.2, 0) is 9.53 Å². The van der Waals surface area contributed by atoms with Crippen LogP contribution in [0.1, 0.15) is 82.8 Å². The molecule has 4 unspecified atom stereocenters. The molecule has 2 saturated heterocycles. The van der Waals surface area contributed by atoms with Crippen molar-refractivity contribution in [2.24, 2.45) is 16.8 Å². The fourth-order valence-corrected chi connectivity index (χ4v) is 7.01. The molecule has 3 fully saturated rings. The summed E-state index contributed by atoms with van der Waals surface area (Å²) >= 11 is 0. The van der Waals surface area contributed by atoms with Crippen molar-refractivity contribution < 1.29 is 19.1 Å². The number of piperazine rings is 1.